The number of hydrogen-bond donors (Lipinski definition) is 1. The number of carboxylic acid groups (broad SMARTS) is 1. The molecule has 1 atom stereocenters. The van der Waals surface area contributed by atoms with Crippen LogP contribution in [0, 0.1) is 0 Å². The molecule has 1 aliphatic rings. The second-order valence-corrected chi connectivity index (χ2v) is 4.68. The summed E-state index contributed by atoms with van der Waals surface area (Å²) in [6.07, 6.45) is 3.42. The maximum Gasteiger partial charge on any atom is 0.431 e. The van der Waals surface area contributed by atoms with Crippen molar-refractivity contribution in [1.29, 1.82) is 0 Å². The van der Waals surface area contributed by atoms with Crippen LogP contribution in [-0.2, 0) is 9.57 Å². The van der Waals surface area contributed by atoms with E-state index in [1.807, 2.05) is 32.9 Å². The highest BCUT2D eigenvalue weighted by Crippen LogP contribution is 2.13. The fraction of sp³-hybridized carbons (Fsp3) is 0.727. The van der Waals surface area contributed by atoms with Crippen molar-refractivity contribution in [3.05, 3.63) is 12.2 Å². The Bertz CT molecular complexity index is 270. The second-order valence-electron chi connectivity index (χ2n) is 4.68. The Morgan fingerprint density at radius 1 is 1.62 bits per heavy atom. The summed E-state index contributed by atoms with van der Waals surface area (Å²) < 4.78 is 5.33. The van der Waals surface area contributed by atoms with Gasteiger partial charge in [0.15, 0.2) is 0 Å². The van der Waals surface area contributed by atoms with Gasteiger partial charge in [-0.2, -0.15) is 5.06 Å². The lowest BCUT2D eigenvalue weighted by atomic mass is 10.2. The molecule has 0 aromatic carbocycles. The van der Waals surface area contributed by atoms with Crippen molar-refractivity contribution in [2.24, 2.45) is 0 Å². The molecule has 1 unspecified atom stereocenters. The maximum absolute atomic E-state index is 10.9. The molecule has 1 N–H and O–H groups in total. The molecule has 0 aliphatic carbocycles. The van der Waals surface area contributed by atoms with Gasteiger partial charge in [0, 0.05) is 0 Å². The summed E-state index contributed by atoms with van der Waals surface area (Å²) in [6, 6.07) is 0. The summed E-state index contributed by atoms with van der Waals surface area (Å²) in [6.45, 7) is 6.36. The van der Waals surface area contributed by atoms with E-state index < -0.39 is 11.7 Å². The van der Waals surface area contributed by atoms with Gasteiger partial charge >= 0.3 is 6.09 Å². The minimum Gasteiger partial charge on any atom is -0.463 e. The molecule has 0 saturated carbocycles. The number of amides is 1. The molecule has 0 fully saturated rings. The SMILES string of the molecule is CC(C)(C)ON(CCC1C=CCO1)C(=O)O. The Balaban J connectivity index is 2.39. The van der Waals surface area contributed by atoms with Gasteiger partial charge in [-0.05, 0) is 27.2 Å². The van der Waals surface area contributed by atoms with E-state index >= 15 is 0 Å². The normalized spacial score (nSPS) is 20.1. The number of ether oxygens (including phenoxy) is 1. The Morgan fingerprint density at radius 3 is 2.75 bits per heavy atom. The van der Waals surface area contributed by atoms with Crippen LogP contribution in [0.25, 0.3) is 0 Å². The molecular formula is C11H19NO4. The third-order valence-electron chi connectivity index (χ3n) is 1.97. The van der Waals surface area contributed by atoms with E-state index in [9.17, 15) is 4.79 Å². The molecule has 0 aromatic heterocycles. The lowest BCUT2D eigenvalue weighted by molar-refractivity contribution is -0.204. The first-order valence-corrected chi connectivity index (χ1v) is 5.36. The number of hydroxylamine groups is 2. The zero-order valence-electron chi connectivity index (χ0n) is 9.97. The van der Waals surface area contributed by atoms with Crippen LogP contribution in [0.2, 0.25) is 0 Å². The molecular weight excluding hydrogens is 210 g/mol. The van der Waals surface area contributed by atoms with Crippen LogP contribution < -0.4 is 0 Å². The van der Waals surface area contributed by atoms with Gasteiger partial charge in [0.25, 0.3) is 0 Å². The van der Waals surface area contributed by atoms with E-state index in [1.54, 1.807) is 0 Å². The Hall–Kier alpha value is -1.07. The molecule has 0 aromatic rings. The molecule has 92 valence electrons. The van der Waals surface area contributed by atoms with Crippen LogP contribution in [0.5, 0.6) is 0 Å². The zero-order chi connectivity index (χ0) is 12.2. The van der Waals surface area contributed by atoms with Crippen LogP contribution in [0.3, 0.4) is 0 Å². The van der Waals surface area contributed by atoms with Gasteiger partial charge in [-0.1, -0.05) is 12.2 Å². The van der Waals surface area contributed by atoms with E-state index in [-0.39, 0.29) is 6.10 Å². The largest absolute Gasteiger partial charge is 0.463 e. The van der Waals surface area contributed by atoms with Crippen molar-refractivity contribution >= 4 is 6.09 Å². The van der Waals surface area contributed by atoms with Gasteiger partial charge < -0.3 is 9.84 Å². The van der Waals surface area contributed by atoms with E-state index in [1.165, 1.54) is 0 Å². The van der Waals surface area contributed by atoms with Crippen molar-refractivity contribution in [1.82, 2.24) is 5.06 Å². The summed E-state index contributed by atoms with van der Waals surface area (Å²) in [7, 11) is 0. The first-order valence-electron chi connectivity index (χ1n) is 5.36. The van der Waals surface area contributed by atoms with Gasteiger partial charge in [0.2, 0.25) is 0 Å². The third-order valence-corrected chi connectivity index (χ3v) is 1.97. The van der Waals surface area contributed by atoms with E-state index in [0.29, 0.717) is 19.6 Å². The summed E-state index contributed by atoms with van der Waals surface area (Å²) in [4.78, 5) is 16.2. The number of nitrogens with zero attached hydrogens (tertiary/aromatic N) is 1. The highest BCUT2D eigenvalue weighted by Gasteiger charge is 2.22. The smallest absolute Gasteiger partial charge is 0.431 e. The third kappa shape index (κ3) is 4.63. The van der Waals surface area contributed by atoms with Crippen molar-refractivity contribution < 1.29 is 19.5 Å². The van der Waals surface area contributed by atoms with Crippen LogP contribution in [0.1, 0.15) is 27.2 Å². The average molecular weight is 229 g/mol. The second kappa shape index (κ2) is 5.32. The topological polar surface area (TPSA) is 59.0 Å². The Morgan fingerprint density at radius 2 is 2.31 bits per heavy atom. The van der Waals surface area contributed by atoms with Crippen LogP contribution >= 0.6 is 0 Å². The standard InChI is InChI=1S/C11H19NO4/c1-11(2,3)16-12(10(13)14)7-6-9-5-4-8-15-9/h4-5,9H,6-8H2,1-3H3,(H,13,14). The lowest BCUT2D eigenvalue weighted by Crippen LogP contribution is -2.39. The fourth-order valence-electron chi connectivity index (χ4n) is 1.38. The molecule has 5 nitrogen and oxygen atoms in total. The van der Waals surface area contributed by atoms with Crippen LogP contribution in [-0.4, -0.2) is 41.1 Å². The molecule has 1 aliphatic heterocycles. The maximum atomic E-state index is 10.9. The highest BCUT2D eigenvalue weighted by atomic mass is 16.7. The number of hydrogen-bond acceptors (Lipinski definition) is 3. The molecule has 1 heterocycles. The minimum absolute atomic E-state index is 0.00502. The monoisotopic (exact) mass is 229 g/mol. The molecule has 1 rings (SSSR count). The summed E-state index contributed by atoms with van der Waals surface area (Å²) in [5, 5.41) is 9.92. The predicted octanol–water partition coefficient (Wildman–Crippen LogP) is 2.04. The number of rotatable bonds is 4. The van der Waals surface area contributed by atoms with Gasteiger partial charge in [-0.3, -0.25) is 4.84 Å². The molecule has 0 radical (unpaired) electrons. The fourth-order valence-corrected chi connectivity index (χ4v) is 1.38. The van der Waals surface area contributed by atoms with Gasteiger partial charge in [-0.25, -0.2) is 4.79 Å². The predicted molar refractivity (Wildman–Crippen MR) is 59.1 cm³/mol. The quantitative estimate of drug-likeness (QED) is 0.592. The van der Waals surface area contributed by atoms with Crippen molar-refractivity contribution in [2.45, 2.75) is 38.9 Å². The molecule has 0 spiro atoms. The van der Waals surface area contributed by atoms with Crippen molar-refractivity contribution in [3.63, 3.8) is 0 Å². The molecule has 0 bridgehead atoms. The van der Waals surface area contributed by atoms with E-state index in [0.717, 1.165) is 5.06 Å². The molecule has 0 saturated heterocycles. The zero-order valence-corrected chi connectivity index (χ0v) is 9.97. The first kappa shape index (κ1) is 13.0. The summed E-state index contributed by atoms with van der Waals surface area (Å²) in [5.74, 6) is 0. The van der Waals surface area contributed by atoms with Gasteiger partial charge in [0.05, 0.1) is 24.9 Å². The van der Waals surface area contributed by atoms with E-state index in [4.69, 9.17) is 14.7 Å². The Labute approximate surface area is 95.6 Å². The van der Waals surface area contributed by atoms with Crippen molar-refractivity contribution in [3.8, 4) is 0 Å². The van der Waals surface area contributed by atoms with Crippen molar-refractivity contribution in [2.75, 3.05) is 13.2 Å². The van der Waals surface area contributed by atoms with Gasteiger partial charge in [0.1, 0.15) is 0 Å². The average Bonchev–Trinajstić information content (AvgIpc) is 2.62. The first-order chi connectivity index (χ1) is 7.38. The Kier molecular flexibility index (Phi) is 4.32. The summed E-state index contributed by atoms with van der Waals surface area (Å²) in [5.41, 5.74) is -0.509. The highest BCUT2D eigenvalue weighted by molar-refractivity contribution is 5.63. The van der Waals surface area contributed by atoms with Crippen LogP contribution in [0.15, 0.2) is 12.2 Å². The van der Waals surface area contributed by atoms with Gasteiger partial charge in [-0.15, -0.1) is 0 Å². The lowest BCUT2D eigenvalue weighted by Gasteiger charge is -2.28. The minimum atomic E-state index is -1.07. The molecule has 5 heteroatoms. The summed E-state index contributed by atoms with van der Waals surface area (Å²) >= 11 is 0. The number of carbonyl (C=O) groups is 1. The van der Waals surface area contributed by atoms with E-state index in [2.05, 4.69) is 0 Å². The molecule has 1 amide bonds. The molecule has 16 heavy (non-hydrogen) atoms. The van der Waals surface area contributed by atoms with Crippen LogP contribution in [0.4, 0.5) is 4.79 Å².